The zero-order valence-electron chi connectivity index (χ0n) is 16.1. The normalized spacial score (nSPS) is 11.3. The van der Waals surface area contributed by atoms with Gasteiger partial charge in [-0.3, -0.25) is 4.99 Å². The summed E-state index contributed by atoms with van der Waals surface area (Å²) >= 11 is 0. The van der Waals surface area contributed by atoms with Gasteiger partial charge < -0.3 is 20.5 Å². The number of aliphatic imine (C=N–C) groups is 1. The summed E-state index contributed by atoms with van der Waals surface area (Å²) in [6.45, 7) is 4.89. The molecule has 0 saturated carbocycles. The van der Waals surface area contributed by atoms with Crippen molar-refractivity contribution in [3.8, 4) is 11.5 Å². The van der Waals surface area contributed by atoms with Crippen LogP contribution in [0.5, 0.6) is 11.5 Å². The molecule has 5 nitrogen and oxygen atoms in total. The minimum atomic E-state index is 0.445. The molecule has 2 rings (SSSR count). The van der Waals surface area contributed by atoms with E-state index in [1.54, 1.807) is 14.2 Å². The third-order valence-electron chi connectivity index (χ3n) is 4.38. The third-order valence-corrected chi connectivity index (χ3v) is 4.38. The molecule has 2 aromatic carbocycles. The molecule has 0 aliphatic heterocycles. The fraction of sp³-hybridized carbons (Fsp3) is 0.381. The molecule has 0 saturated heterocycles. The van der Waals surface area contributed by atoms with Gasteiger partial charge in [-0.2, -0.15) is 0 Å². The smallest absolute Gasteiger partial charge is 0.193 e. The molecule has 5 heteroatoms. The SMILES string of the molecule is CCc1cccc(CC)c1NC(N)=NCCc1ccc(OC)c(OC)c1. The van der Waals surface area contributed by atoms with Crippen molar-refractivity contribution in [2.75, 3.05) is 26.1 Å². The van der Waals surface area contributed by atoms with Crippen LogP contribution in [0.4, 0.5) is 5.69 Å². The van der Waals surface area contributed by atoms with Crippen LogP contribution < -0.4 is 20.5 Å². The number of para-hydroxylation sites is 1. The first kappa shape index (κ1) is 19.6. The summed E-state index contributed by atoms with van der Waals surface area (Å²) in [5, 5.41) is 3.29. The number of methoxy groups -OCH3 is 2. The van der Waals surface area contributed by atoms with Gasteiger partial charge in [0.25, 0.3) is 0 Å². The average Bonchev–Trinajstić information content (AvgIpc) is 2.67. The van der Waals surface area contributed by atoms with E-state index in [0.717, 1.165) is 42.0 Å². The van der Waals surface area contributed by atoms with Crippen LogP contribution >= 0.6 is 0 Å². The van der Waals surface area contributed by atoms with Gasteiger partial charge in [0.2, 0.25) is 0 Å². The molecule has 0 radical (unpaired) electrons. The van der Waals surface area contributed by atoms with E-state index in [1.807, 2.05) is 18.2 Å². The Hall–Kier alpha value is -2.69. The van der Waals surface area contributed by atoms with Crippen LogP contribution in [-0.4, -0.2) is 26.7 Å². The molecule has 3 N–H and O–H groups in total. The maximum atomic E-state index is 6.11. The van der Waals surface area contributed by atoms with Crippen molar-refractivity contribution in [1.82, 2.24) is 0 Å². The second-order valence-corrected chi connectivity index (χ2v) is 5.99. The molecule has 26 heavy (non-hydrogen) atoms. The van der Waals surface area contributed by atoms with E-state index in [0.29, 0.717) is 12.5 Å². The topological polar surface area (TPSA) is 68.9 Å². The molecule has 0 atom stereocenters. The molecule has 0 unspecified atom stereocenters. The Morgan fingerprint density at radius 2 is 1.65 bits per heavy atom. The lowest BCUT2D eigenvalue weighted by Gasteiger charge is -2.15. The summed E-state index contributed by atoms with van der Waals surface area (Å²) in [5.41, 5.74) is 10.8. The van der Waals surface area contributed by atoms with Gasteiger partial charge in [-0.05, 0) is 48.1 Å². The van der Waals surface area contributed by atoms with Crippen LogP contribution in [0.25, 0.3) is 0 Å². The summed E-state index contributed by atoms with van der Waals surface area (Å²) in [5.74, 6) is 1.90. The zero-order valence-corrected chi connectivity index (χ0v) is 16.1. The number of nitrogens with two attached hydrogens (primary N) is 1. The molecule has 0 heterocycles. The molecule has 2 aromatic rings. The van der Waals surface area contributed by atoms with Crippen molar-refractivity contribution in [2.24, 2.45) is 10.7 Å². The van der Waals surface area contributed by atoms with Crippen LogP contribution in [0.2, 0.25) is 0 Å². The van der Waals surface area contributed by atoms with Crippen molar-refractivity contribution in [3.63, 3.8) is 0 Å². The monoisotopic (exact) mass is 355 g/mol. The van der Waals surface area contributed by atoms with Crippen molar-refractivity contribution in [3.05, 3.63) is 53.1 Å². The van der Waals surface area contributed by atoms with E-state index in [1.165, 1.54) is 11.1 Å². The van der Waals surface area contributed by atoms with E-state index in [9.17, 15) is 0 Å². The van der Waals surface area contributed by atoms with Gasteiger partial charge in [0.15, 0.2) is 17.5 Å². The van der Waals surface area contributed by atoms with Crippen molar-refractivity contribution in [1.29, 1.82) is 0 Å². The highest BCUT2D eigenvalue weighted by molar-refractivity contribution is 5.93. The van der Waals surface area contributed by atoms with Crippen molar-refractivity contribution < 1.29 is 9.47 Å². The molecule has 0 aromatic heterocycles. The molecule has 0 amide bonds. The quantitative estimate of drug-likeness (QED) is 0.558. The van der Waals surface area contributed by atoms with Gasteiger partial charge in [0.05, 0.1) is 14.2 Å². The van der Waals surface area contributed by atoms with Gasteiger partial charge in [-0.1, -0.05) is 38.1 Å². The highest BCUT2D eigenvalue weighted by Crippen LogP contribution is 2.27. The molecule has 0 spiro atoms. The molecular formula is C21H29N3O2. The number of anilines is 1. The van der Waals surface area contributed by atoms with E-state index >= 15 is 0 Å². The number of guanidine groups is 1. The van der Waals surface area contributed by atoms with E-state index < -0.39 is 0 Å². The van der Waals surface area contributed by atoms with Gasteiger partial charge in [0.1, 0.15) is 0 Å². The first-order chi connectivity index (χ1) is 12.6. The van der Waals surface area contributed by atoms with Gasteiger partial charge in [-0.25, -0.2) is 0 Å². The summed E-state index contributed by atoms with van der Waals surface area (Å²) in [6, 6.07) is 12.2. The fourth-order valence-electron chi connectivity index (χ4n) is 2.91. The van der Waals surface area contributed by atoms with Crippen LogP contribution in [0.15, 0.2) is 41.4 Å². The Labute approximate surface area is 156 Å². The molecular weight excluding hydrogens is 326 g/mol. The molecule has 0 fully saturated rings. The molecule has 0 bridgehead atoms. The van der Waals surface area contributed by atoms with Crippen LogP contribution in [-0.2, 0) is 19.3 Å². The lowest BCUT2D eigenvalue weighted by Crippen LogP contribution is -2.24. The number of rotatable bonds is 8. The van der Waals surface area contributed by atoms with E-state index in [4.69, 9.17) is 15.2 Å². The van der Waals surface area contributed by atoms with Crippen molar-refractivity contribution >= 4 is 11.6 Å². The lowest BCUT2D eigenvalue weighted by atomic mass is 10.0. The Kier molecular flexibility index (Phi) is 7.33. The number of hydrogen-bond donors (Lipinski definition) is 2. The second kappa shape index (κ2) is 9.70. The highest BCUT2D eigenvalue weighted by atomic mass is 16.5. The lowest BCUT2D eigenvalue weighted by molar-refractivity contribution is 0.354. The third kappa shape index (κ3) is 4.91. The van der Waals surface area contributed by atoms with Crippen LogP contribution in [0, 0.1) is 0 Å². The number of aryl methyl sites for hydroxylation is 2. The first-order valence-corrected chi connectivity index (χ1v) is 9.01. The maximum Gasteiger partial charge on any atom is 0.193 e. The highest BCUT2D eigenvalue weighted by Gasteiger charge is 2.07. The minimum absolute atomic E-state index is 0.445. The molecule has 0 aliphatic carbocycles. The number of nitrogens with one attached hydrogen (secondary N) is 1. The minimum Gasteiger partial charge on any atom is -0.493 e. The first-order valence-electron chi connectivity index (χ1n) is 9.01. The average molecular weight is 355 g/mol. The van der Waals surface area contributed by atoms with E-state index in [2.05, 4.69) is 42.4 Å². The maximum absolute atomic E-state index is 6.11. The summed E-state index contributed by atoms with van der Waals surface area (Å²) < 4.78 is 10.6. The number of nitrogens with zero attached hydrogens (tertiary/aromatic N) is 1. The molecule has 0 aliphatic rings. The Morgan fingerprint density at radius 3 is 2.23 bits per heavy atom. The number of ether oxygens (including phenoxy) is 2. The molecule has 140 valence electrons. The Bertz CT molecular complexity index is 735. The van der Waals surface area contributed by atoms with Crippen LogP contribution in [0.3, 0.4) is 0 Å². The standard InChI is InChI=1S/C21H29N3O2/c1-5-16-8-7-9-17(6-2)20(16)24-21(22)23-13-12-15-10-11-18(25-3)19(14-15)26-4/h7-11,14H,5-6,12-13H2,1-4H3,(H3,22,23,24). The predicted molar refractivity (Wildman–Crippen MR) is 109 cm³/mol. The Balaban J connectivity index is 2.03. The number of benzene rings is 2. The largest absolute Gasteiger partial charge is 0.493 e. The summed E-state index contributed by atoms with van der Waals surface area (Å²) in [6.07, 6.45) is 2.68. The fourth-order valence-corrected chi connectivity index (χ4v) is 2.91. The summed E-state index contributed by atoms with van der Waals surface area (Å²) in [4.78, 5) is 4.47. The van der Waals surface area contributed by atoms with Crippen LogP contribution in [0.1, 0.15) is 30.5 Å². The van der Waals surface area contributed by atoms with Gasteiger partial charge >= 0.3 is 0 Å². The second-order valence-electron chi connectivity index (χ2n) is 5.99. The predicted octanol–water partition coefficient (Wildman–Crippen LogP) is 3.80. The van der Waals surface area contributed by atoms with Gasteiger partial charge in [-0.15, -0.1) is 0 Å². The zero-order chi connectivity index (χ0) is 18.9. The number of hydrogen-bond acceptors (Lipinski definition) is 3. The van der Waals surface area contributed by atoms with Crippen molar-refractivity contribution in [2.45, 2.75) is 33.1 Å². The summed E-state index contributed by atoms with van der Waals surface area (Å²) in [7, 11) is 3.27. The van der Waals surface area contributed by atoms with Gasteiger partial charge in [0, 0.05) is 12.2 Å². The van der Waals surface area contributed by atoms with E-state index in [-0.39, 0.29) is 0 Å². The Morgan fingerprint density at radius 1 is 1.00 bits per heavy atom.